The molecule has 0 fully saturated rings. The van der Waals surface area contributed by atoms with Gasteiger partial charge in [-0.2, -0.15) is 8.42 Å². The summed E-state index contributed by atoms with van der Waals surface area (Å²) in [4.78, 5) is 11.7. The van der Waals surface area contributed by atoms with Gasteiger partial charge in [0, 0.05) is 6.54 Å². The Kier molecular flexibility index (Phi) is 7.28. The number of rotatable bonds is 9. The highest BCUT2D eigenvalue weighted by Gasteiger charge is 2.14. The number of halogens is 1. The van der Waals surface area contributed by atoms with Gasteiger partial charge in [-0.05, 0) is 35.7 Å². The Labute approximate surface area is 157 Å². The Balaban J connectivity index is 1.92. The third-order valence-corrected chi connectivity index (χ3v) is 4.29. The van der Waals surface area contributed by atoms with Gasteiger partial charge in [-0.25, -0.2) is 4.39 Å². The SMILES string of the molecule is C[C@@H](NCc1ccc(-c2cccc(OCF)c2)cc1)C(=O)NCS(=O)(=O)O. The van der Waals surface area contributed by atoms with E-state index in [9.17, 15) is 17.6 Å². The molecule has 2 rings (SSSR count). The highest BCUT2D eigenvalue weighted by atomic mass is 32.2. The zero-order chi connectivity index (χ0) is 19.9. The minimum atomic E-state index is -4.25. The van der Waals surface area contributed by atoms with E-state index in [2.05, 4.69) is 10.6 Å². The average molecular weight is 396 g/mol. The lowest BCUT2D eigenvalue weighted by Gasteiger charge is -2.14. The van der Waals surface area contributed by atoms with Crippen LogP contribution < -0.4 is 15.4 Å². The van der Waals surface area contributed by atoms with E-state index in [-0.39, 0.29) is 0 Å². The van der Waals surface area contributed by atoms with Crippen molar-refractivity contribution in [3.63, 3.8) is 0 Å². The number of carbonyl (C=O) groups excluding carboxylic acids is 1. The van der Waals surface area contributed by atoms with Crippen molar-refractivity contribution in [2.75, 3.05) is 12.7 Å². The summed E-state index contributed by atoms with van der Waals surface area (Å²) in [5.74, 6) is -0.906. The number of carbonyl (C=O) groups is 1. The van der Waals surface area contributed by atoms with Gasteiger partial charge in [-0.15, -0.1) is 0 Å². The van der Waals surface area contributed by atoms with Crippen molar-refractivity contribution in [3.05, 3.63) is 54.1 Å². The van der Waals surface area contributed by atoms with Gasteiger partial charge in [-0.3, -0.25) is 9.35 Å². The molecule has 3 N–H and O–H groups in total. The molecule has 0 radical (unpaired) electrons. The zero-order valence-corrected chi connectivity index (χ0v) is 15.5. The number of benzene rings is 2. The number of ether oxygens (including phenoxy) is 1. The zero-order valence-electron chi connectivity index (χ0n) is 14.7. The summed E-state index contributed by atoms with van der Waals surface area (Å²) in [7, 11) is -4.25. The molecule has 0 aliphatic heterocycles. The lowest BCUT2D eigenvalue weighted by atomic mass is 10.0. The summed E-state index contributed by atoms with van der Waals surface area (Å²) in [6, 6.07) is 14.0. The fourth-order valence-electron chi connectivity index (χ4n) is 2.32. The first kappa shape index (κ1) is 20.8. The molecule has 0 aliphatic rings. The molecule has 7 nitrogen and oxygen atoms in total. The van der Waals surface area contributed by atoms with Crippen LogP contribution in [0.25, 0.3) is 11.1 Å². The molecule has 0 aliphatic carbocycles. The minimum Gasteiger partial charge on any atom is -0.463 e. The largest absolute Gasteiger partial charge is 0.463 e. The van der Waals surface area contributed by atoms with Crippen molar-refractivity contribution in [2.45, 2.75) is 19.5 Å². The van der Waals surface area contributed by atoms with Gasteiger partial charge in [0.25, 0.3) is 10.1 Å². The van der Waals surface area contributed by atoms with Crippen LogP contribution in [-0.4, -0.2) is 37.7 Å². The van der Waals surface area contributed by atoms with E-state index < -0.39 is 34.8 Å². The van der Waals surface area contributed by atoms with Crippen molar-refractivity contribution in [3.8, 4) is 16.9 Å². The lowest BCUT2D eigenvalue weighted by Crippen LogP contribution is -2.43. The molecule has 0 heterocycles. The molecule has 0 saturated carbocycles. The fourth-order valence-corrected chi connectivity index (χ4v) is 2.65. The van der Waals surface area contributed by atoms with Crippen molar-refractivity contribution >= 4 is 16.0 Å². The Bertz CT molecular complexity index is 872. The van der Waals surface area contributed by atoms with Crippen LogP contribution in [0.15, 0.2) is 48.5 Å². The molecular formula is C18H21FN2O5S. The van der Waals surface area contributed by atoms with Crippen LogP contribution >= 0.6 is 0 Å². The molecule has 146 valence electrons. The third kappa shape index (κ3) is 6.97. The Morgan fingerprint density at radius 1 is 1.19 bits per heavy atom. The smallest absolute Gasteiger partial charge is 0.283 e. The molecule has 2 aromatic rings. The minimum absolute atomic E-state index is 0.395. The monoisotopic (exact) mass is 396 g/mol. The molecule has 0 aromatic heterocycles. The second-order valence-corrected chi connectivity index (χ2v) is 7.30. The van der Waals surface area contributed by atoms with Crippen LogP contribution in [0.3, 0.4) is 0 Å². The maximum atomic E-state index is 12.3. The average Bonchev–Trinajstić information content (AvgIpc) is 2.64. The second-order valence-electron chi connectivity index (χ2n) is 5.85. The van der Waals surface area contributed by atoms with Crippen LogP contribution in [0.1, 0.15) is 12.5 Å². The van der Waals surface area contributed by atoms with E-state index in [4.69, 9.17) is 9.29 Å². The van der Waals surface area contributed by atoms with Gasteiger partial charge < -0.3 is 15.4 Å². The van der Waals surface area contributed by atoms with Crippen LogP contribution in [0.4, 0.5) is 4.39 Å². The van der Waals surface area contributed by atoms with E-state index in [1.54, 1.807) is 25.1 Å². The molecule has 0 bridgehead atoms. The maximum absolute atomic E-state index is 12.3. The van der Waals surface area contributed by atoms with E-state index in [1.165, 1.54) is 0 Å². The van der Waals surface area contributed by atoms with Crippen LogP contribution in [0, 0.1) is 0 Å². The Morgan fingerprint density at radius 3 is 2.52 bits per heavy atom. The summed E-state index contributed by atoms with van der Waals surface area (Å²) >= 11 is 0. The predicted octanol–water partition coefficient (Wildman–Crippen LogP) is 2.10. The van der Waals surface area contributed by atoms with E-state index in [0.717, 1.165) is 16.7 Å². The summed E-state index contributed by atoms with van der Waals surface area (Å²) < 4.78 is 47.0. The lowest BCUT2D eigenvalue weighted by molar-refractivity contribution is -0.122. The Hall–Kier alpha value is -2.49. The van der Waals surface area contributed by atoms with Crippen LogP contribution in [0.2, 0.25) is 0 Å². The molecule has 2 aromatic carbocycles. The van der Waals surface area contributed by atoms with Crippen LogP contribution in [0.5, 0.6) is 5.75 Å². The van der Waals surface area contributed by atoms with Crippen molar-refractivity contribution in [2.24, 2.45) is 0 Å². The standard InChI is InChI=1S/C18H21FN2O5S/c1-13(18(22)21-12-27(23,24)25)20-10-14-5-7-15(8-6-14)16-3-2-4-17(9-16)26-11-19/h2-9,13,20H,10-12H2,1H3,(H,21,22)(H,23,24,25)/t13-/m1/s1. The van der Waals surface area contributed by atoms with Gasteiger partial charge in [0.05, 0.1) is 6.04 Å². The van der Waals surface area contributed by atoms with Crippen molar-refractivity contribution in [1.82, 2.24) is 10.6 Å². The summed E-state index contributed by atoms with van der Waals surface area (Å²) in [5, 5.41) is 5.10. The highest BCUT2D eigenvalue weighted by Crippen LogP contribution is 2.24. The molecule has 9 heteroatoms. The topological polar surface area (TPSA) is 105 Å². The first-order valence-corrected chi connectivity index (χ1v) is 9.74. The quantitative estimate of drug-likeness (QED) is 0.561. The molecule has 0 spiro atoms. The number of alkyl halides is 1. The molecule has 27 heavy (non-hydrogen) atoms. The Morgan fingerprint density at radius 2 is 1.89 bits per heavy atom. The van der Waals surface area contributed by atoms with Gasteiger partial charge in [0.15, 0.2) is 0 Å². The number of amides is 1. The molecule has 0 unspecified atom stereocenters. The number of nitrogens with one attached hydrogen (secondary N) is 2. The number of hydrogen-bond donors (Lipinski definition) is 3. The van der Waals surface area contributed by atoms with Gasteiger partial charge >= 0.3 is 0 Å². The third-order valence-electron chi connectivity index (χ3n) is 3.78. The maximum Gasteiger partial charge on any atom is 0.283 e. The number of hydrogen-bond acceptors (Lipinski definition) is 5. The molecule has 1 amide bonds. The van der Waals surface area contributed by atoms with Crippen molar-refractivity contribution in [1.29, 1.82) is 0 Å². The van der Waals surface area contributed by atoms with Crippen LogP contribution in [-0.2, 0) is 21.5 Å². The van der Waals surface area contributed by atoms with E-state index in [0.29, 0.717) is 12.3 Å². The second kappa shape index (κ2) is 9.45. The first-order valence-electron chi connectivity index (χ1n) is 8.13. The predicted molar refractivity (Wildman–Crippen MR) is 99.3 cm³/mol. The first-order chi connectivity index (χ1) is 12.8. The molecule has 0 saturated heterocycles. The van der Waals surface area contributed by atoms with E-state index >= 15 is 0 Å². The van der Waals surface area contributed by atoms with Gasteiger partial charge in [-0.1, -0.05) is 36.4 Å². The van der Waals surface area contributed by atoms with Crippen molar-refractivity contribution < 1.29 is 26.9 Å². The van der Waals surface area contributed by atoms with E-state index in [1.807, 2.05) is 30.3 Å². The van der Waals surface area contributed by atoms with Gasteiger partial charge in [0.2, 0.25) is 12.8 Å². The summed E-state index contributed by atoms with van der Waals surface area (Å²) in [5.41, 5.74) is 2.74. The summed E-state index contributed by atoms with van der Waals surface area (Å²) in [6.45, 7) is 1.10. The molecular weight excluding hydrogens is 375 g/mol. The normalized spacial score (nSPS) is 12.4. The summed E-state index contributed by atoms with van der Waals surface area (Å²) in [6.07, 6.45) is 0. The molecule has 1 atom stereocenters. The van der Waals surface area contributed by atoms with Gasteiger partial charge in [0.1, 0.15) is 11.6 Å². The fraction of sp³-hybridized carbons (Fsp3) is 0.278. The highest BCUT2D eigenvalue weighted by molar-refractivity contribution is 7.85.